The van der Waals surface area contributed by atoms with Crippen LogP contribution in [0.2, 0.25) is 0 Å². The highest BCUT2D eigenvalue weighted by Gasteiger charge is 2.25. The standard InChI is InChI=1S/C13H18OS/c1-14-12-9-5-6-10-13(12)15-11-7-3-2-4-8-11/h2-4,7-8,12-13H,5-6,9-10H2,1H3. The van der Waals surface area contributed by atoms with Crippen LogP contribution in [0.3, 0.4) is 0 Å². The predicted octanol–water partition coefficient (Wildman–Crippen LogP) is 3.74. The zero-order valence-corrected chi connectivity index (χ0v) is 10.0. The Kier molecular flexibility index (Phi) is 4.09. The molecule has 15 heavy (non-hydrogen) atoms. The SMILES string of the molecule is COC1CCCCC1Sc1ccccc1. The van der Waals surface area contributed by atoms with Crippen LogP contribution in [-0.4, -0.2) is 18.5 Å². The minimum atomic E-state index is 0.448. The van der Waals surface area contributed by atoms with Crippen molar-refractivity contribution in [3.63, 3.8) is 0 Å². The lowest BCUT2D eigenvalue weighted by atomic mass is 9.97. The Hall–Kier alpha value is -0.470. The topological polar surface area (TPSA) is 9.23 Å². The van der Waals surface area contributed by atoms with Crippen LogP contribution in [-0.2, 0) is 4.74 Å². The number of methoxy groups -OCH3 is 1. The maximum Gasteiger partial charge on any atom is 0.0693 e. The molecular formula is C13H18OS. The molecule has 0 aromatic heterocycles. The number of benzene rings is 1. The van der Waals surface area contributed by atoms with Gasteiger partial charge in [0.25, 0.3) is 0 Å². The van der Waals surface area contributed by atoms with Crippen LogP contribution in [0.4, 0.5) is 0 Å². The number of ether oxygens (including phenoxy) is 1. The lowest BCUT2D eigenvalue weighted by Gasteiger charge is -2.29. The molecule has 0 spiro atoms. The lowest BCUT2D eigenvalue weighted by Crippen LogP contribution is -2.28. The van der Waals surface area contributed by atoms with Crippen molar-refractivity contribution in [2.24, 2.45) is 0 Å². The summed E-state index contributed by atoms with van der Waals surface area (Å²) in [5.41, 5.74) is 0. The van der Waals surface area contributed by atoms with E-state index in [4.69, 9.17) is 4.74 Å². The second-order valence-electron chi connectivity index (χ2n) is 4.03. The van der Waals surface area contributed by atoms with Gasteiger partial charge in [-0.05, 0) is 25.0 Å². The fraction of sp³-hybridized carbons (Fsp3) is 0.538. The van der Waals surface area contributed by atoms with Gasteiger partial charge >= 0.3 is 0 Å². The number of thioether (sulfide) groups is 1. The van der Waals surface area contributed by atoms with Crippen LogP contribution in [0.15, 0.2) is 35.2 Å². The molecule has 2 rings (SSSR count). The molecule has 0 saturated heterocycles. The summed E-state index contributed by atoms with van der Waals surface area (Å²) < 4.78 is 5.56. The summed E-state index contributed by atoms with van der Waals surface area (Å²) in [4.78, 5) is 1.37. The van der Waals surface area contributed by atoms with E-state index in [9.17, 15) is 0 Å². The van der Waals surface area contributed by atoms with Crippen molar-refractivity contribution in [1.82, 2.24) is 0 Å². The van der Waals surface area contributed by atoms with Crippen molar-refractivity contribution in [3.05, 3.63) is 30.3 Å². The van der Waals surface area contributed by atoms with Crippen molar-refractivity contribution in [2.45, 2.75) is 41.9 Å². The summed E-state index contributed by atoms with van der Waals surface area (Å²) in [5.74, 6) is 0. The summed E-state index contributed by atoms with van der Waals surface area (Å²) in [5, 5.41) is 0.645. The summed E-state index contributed by atoms with van der Waals surface area (Å²) in [7, 11) is 1.84. The maximum absolute atomic E-state index is 5.56. The summed E-state index contributed by atoms with van der Waals surface area (Å²) in [6.07, 6.45) is 5.64. The van der Waals surface area contributed by atoms with E-state index in [-0.39, 0.29) is 0 Å². The monoisotopic (exact) mass is 222 g/mol. The fourth-order valence-corrected chi connectivity index (χ4v) is 3.49. The highest BCUT2D eigenvalue weighted by molar-refractivity contribution is 8.00. The first-order chi connectivity index (χ1) is 7.40. The van der Waals surface area contributed by atoms with Gasteiger partial charge in [-0.1, -0.05) is 31.0 Å². The van der Waals surface area contributed by atoms with Gasteiger partial charge in [0.05, 0.1) is 6.10 Å². The van der Waals surface area contributed by atoms with Crippen molar-refractivity contribution >= 4 is 11.8 Å². The maximum atomic E-state index is 5.56. The van der Waals surface area contributed by atoms with E-state index in [2.05, 4.69) is 30.3 Å². The molecule has 0 aliphatic heterocycles. The number of hydrogen-bond donors (Lipinski definition) is 0. The van der Waals surface area contributed by atoms with Gasteiger partial charge in [-0.25, -0.2) is 0 Å². The number of hydrogen-bond acceptors (Lipinski definition) is 2. The molecule has 2 atom stereocenters. The molecule has 2 heteroatoms. The van der Waals surface area contributed by atoms with Crippen LogP contribution in [0.25, 0.3) is 0 Å². The highest BCUT2D eigenvalue weighted by Crippen LogP contribution is 2.34. The van der Waals surface area contributed by atoms with E-state index in [1.54, 1.807) is 0 Å². The smallest absolute Gasteiger partial charge is 0.0693 e. The Morgan fingerprint density at radius 1 is 1.13 bits per heavy atom. The molecule has 1 nitrogen and oxygen atoms in total. The Balaban J connectivity index is 1.97. The molecule has 2 unspecified atom stereocenters. The van der Waals surface area contributed by atoms with Crippen LogP contribution >= 0.6 is 11.8 Å². The van der Waals surface area contributed by atoms with Gasteiger partial charge in [0.15, 0.2) is 0 Å². The molecule has 1 fully saturated rings. The van der Waals surface area contributed by atoms with Crippen molar-refractivity contribution in [2.75, 3.05) is 7.11 Å². The van der Waals surface area contributed by atoms with E-state index in [1.165, 1.54) is 30.6 Å². The highest BCUT2D eigenvalue weighted by atomic mass is 32.2. The zero-order chi connectivity index (χ0) is 10.5. The molecule has 1 aliphatic rings. The van der Waals surface area contributed by atoms with E-state index in [0.29, 0.717) is 11.4 Å². The molecule has 1 saturated carbocycles. The normalized spacial score (nSPS) is 26.5. The van der Waals surface area contributed by atoms with E-state index >= 15 is 0 Å². The predicted molar refractivity (Wildman–Crippen MR) is 65.4 cm³/mol. The number of rotatable bonds is 3. The van der Waals surface area contributed by atoms with Gasteiger partial charge in [0.1, 0.15) is 0 Å². The van der Waals surface area contributed by atoms with E-state index in [1.807, 2.05) is 18.9 Å². The minimum absolute atomic E-state index is 0.448. The first-order valence-corrected chi connectivity index (χ1v) is 6.52. The van der Waals surface area contributed by atoms with Crippen molar-refractivity contribution in [3.8, 4) is 0 Å². The van der Waals surface area contributed by atoms with Crippen molar-refractivity contribution in [1.29, 1.82) is 0 Å². The molecule has 0 radical (unpaired) electrons. The van der Waals surface area contributed by atoms with Crippen LogP contribution < -0.4 is 0 Å². The Morgan fingerprint density at radius 2 is 1.87 bits per heavy atom. The Labute approximate surface area is 96.2 Å². The van der Waals surface area contributed by atoms with Gasteiger partial charge in [-0.15, -0.1) is 11.8 Å². The molecule has 82 valence electrons. The quantitative estimate of drug-likeness (QED) is 0.770. The molecule has 0 N–H and O–H groups in total. The molecule has 0 bridgehead atoms. The van der Waals surface area contributed by atoms with Gasteiger partial charge in [-0.2, -0.15) is 0 Å². The summed E-state index contributed by atoms with van der Waals surface area (Å²) in [6, 6.07) is 10.6. The molecule has 1 aliphatic carbocycles. The third-order valence-corrected chi connectivity index (χ3v) is 4.36. The fourth-order valence-electron chi connectivity index (χ4n) is 2.14. The van der Waals surface area contributed by atoms with Gasteiger partial charge in [0.2, 0.25) is 0 Å². The van der Waals surface area contributed by atoms with E-state index in [0.717, 1.165) is 0 Å². The first kappa shape index (κ1) is 11.0. The zero-order valence-electron chi connectivity index (χ0n) is 9.19. The first-order valence-electron chi connectivity index (χ1n) is 5.64. The Morgan fingerprint density at radius 3 is 2.60 bits per heavy atom. The second kappa shape index (κ2) is 5.57. The lowest BCUT2D eigenvalue weighted by molar-refractivity contribution is 0.0763. The summed E-state index contributed by atoms with van der Waals surface area (Å²) in [6.45, 7) is 0. The average molecular weight is 222 g/mol. The average Bonchev–Trinajstić information content (AvgIpc) is 2.31. The largest absolute Gasteiger partial charge is 0.380 e. The molecule has 0 heterocycles. The minimum Gasteiger partial charge on any atom is -0.380 e. The van der Waals surface area contributed by atoms with Crippen LogP contribution in [0.5, 0.6) is 0 Å². The molecule has 1 aromatic carbocycles. The van der Waals surface area contributed by atoms with Crippen molar-refractivity contribution < 1.29 is 4.74 Å². The molecular weight excluding hydrogens is 204 g/mol. The molecule has 1 aromatic rings. The molecule has 0 amide bonds. The summed E-state index contributed by atoms with van der Waals surface area (Å²) >= 11 is 1.97. The van der Waals surface area contributed by atoms with E-state index < -0.39 is 0 Å². The van der Waals surface area contributed by atoms with Gasteiger partial charge < -0.3 is 4.74 Å². The van der Waals surface area contributed by atoms with Gasteiger partial charge in [-0.3, -0.25) is 0 Å². The van der Waals surface area contributed by atoms with Gasteiger partial charge in [0, 0.05) is 17.3 Å². The Bertz CT molecular complexity index is 286. The van der Waals surface area contributed by atoms with Crippen LogP contribution in [0.1, 0.15) is 25.7 Å². The third-order valence-electron chi connectivity index (χ3n) is 2.98. The third kappa shape index (κ3) is 2.99. The van der Waals surface area contributed by atoms with Crippen LogP contribution in [0, 0.1) is 0 Å². The second-order valence-corrected chi connectivity index (χ2v) is 5.34.